The van der Waals surface area contributed by atoms with Crippen molar-refractivity contribution in [1.29, 1.82) is 0 Å². The molecule has 11 heavy (non-hydrogen) atoms. The van der Waals surface area contributed by atoms with Gasteiger partial charge < -0.3 is 0 Å². The molecule has 0 bridgehead atoms. The van der Waals surface area contributed by atoms with Crippen molar-refractivity contribution in [3.05, 3.63) is 12.2 Å². The van der Waals surface area contributed by atoms with E-state index in [0.29, 0.717) is 6.04 Å². The molecule has 1 unspecified atom stereocenters. The van der Waals surface area contributed by atoms with Gasteiger partial charge in [-0.15, -0.1) is 0 Å². The van der Waals surface area contributed by atoms with Gasteiger partial charge in [0.05, 0.1) is 0 Å². The summed E-state index contributed by atoms with van der Waals surface area (Å²) in [5, 5.41) is 0. The molecule has 1 saturated heterocycles. The predicted octanol–water partition coefficient (Wildman–Crippen LogP) is 2.05. The molecule has 0 radical (unpaired) electrons. The Kier molecular flexibility index (Phi) is 1.40. The highest BCUT2D eigenvalue weighted by Gasteiger charge is 2.50. The molecule has 1 saturated carbocycles. The third kappa shape index (κ3) is 1.12. The van der Waals surface area contributed by atoms with Gasteiger partial charge in [0, 0.05) is 12.6 Å². The zero-order valence-corrected chi connectivity index (χ0v) is 7.56. The maximum absolute atomic E-state index is 4.04. The second-order valence-corrected chi connectivity index (χ2v) is 4.48. The number of hydrogen-bond acceptors (Lipinski definition) is 1. The van der Waals surface area contributed by atoms with Gasteiger partial charge in [-0.05, 0) is 38.6 Å². The first kappa shape index (κ1) is 7.35. The molecular weight excluding hydrogens is 134 g/mol. The first-order chi connectivity index (χ1) is 5.13. The monoisotopic (exact) mass is 151 g/mol. The predicted molar refractivity (Wildman–Crippen MR) is 47.5 cm³/mol. The quantitative estimate of drug-likeness (QED) is 0.518. The van der Waals surface area contributed by atoms with E-state index in [0.717, 1.165) is 5.41 Å². The van der Waals surface area contributed by atoms with Gasteiger partial charge in [-0.1, -0.05) is 12.2 Å². The molecule has 0 aromatic carbocycles. The van der Waals surface area contributed by atoms with E-state index in [1.165, 1.54) is 31.4 Å². The Bertz CT molecular complexity index is 191. The van der Waals surface area contributed by atoms with Crippen molar-refractivity contribution in [2.24, 2.45) is 5.41 Å². The molecule has 1 atom stereocenters. The maximum atomic E-state index is 4.04. The van der Waals surface area contributed by atoms with Crippen LogP contribution in [0.5, 0.6) is 0 Å². The summed E-state index contributed by atoms with van der Waals surface area (Å²) in [4.78, 5) is 2.47. The molecule has 1 aliphatic carbocycles. The van der Waals surface area contributed by atoms with Gasteiger partial charge in [-0.2, -0.15) is 0 Å². The SMILES string of the molecule is C=C(C)C1CC2(CC2)CN1C. The largest absolute Gasteiger partial charge is 0.299 e. The molecule has 62 valence electrons. The van der Waals surface area contributed by atoms with Gasteiger partial charge in [0.1, 0.15) is 0 Å². The molecular formula is C10H17N. The number of likely N-dealkylation sites (N-methyl/N-ethyl adjacent to an activating group) is 1. The molecule has 1 heteroatoms. The summed E-state index contributed by atoms with van der Waals surface area (Å²) in [5.74, 6) is 0. The highest BCUT2D eigenvalue weighted by Crippen LogP contribution is 2.55. The average molecular weight is 151 g/mol. The lowest BCUT2D eigenvalue weighted by molar-refractivity contribution is 0.336. The maximum Gasteiger partial charge on any atom is 0.0305 e. The Balaban J connectivity index is 2.08. The van der Waals surface area contributed by atoms with Crippen LogP contribution < -0.4 is 0 Å². The molecule has 1 nitrogen and oxygen atoms in total. The standard InChI is InChI=1S/C10H17N/c1-8(2)9-6-10(4-5-10)7-11(9)3/h9H,1,4-7H2,2-3H3. The van der Waals surface area contributed by atoms with Crippen LogP contribution in [0.25, 0.3) is 0 Å². The highest BCUT2D eigenvalue weighted by molar-refractivity contribution is 5.13. The average Bonchev–Trinajstić information content (AvgIpc) is 2.54. The molecule has 2 fully saturated rings. The molecule has 0 aromatic heterocycles. The zero-order chi connectivity index (χ0) is 8.06. The fraction of sp³-hybridized carbons (Fsp3) is 0.800. The lowest BCUT2D eigenvalue weighted by Crippen LogP contribution is -2.25. The Hall–Kier alpha value is -0.300. The number of rotatable bonds is 1. The molecule has 0 aromatic rings. The summed E-state index contributed by atoms with van der Waals surface area (Å²) in [6, 6.07) is 0.678. The Labute approximate surface area is 69.1 Å². The summed E-state index contributed by atoms with van der Waals surface area (Å²) >= 11 is 0. The molecule has 2 aliphatic rings. The van der Waals surface area contributed by atoms with Gasteiger partial charge in [-0.3, -0.25) is 4.90 Å². The third-order valence-electron chi connectivity index (χ3n) is 3.27. The van der Waals surface area contributed by atoms with E-state index in [1.54, 1.807) is 0 Å². The van der Waals surface area contributed by atoms with Crippen LogP contribution in [0.4, 0.5) is 0 Å². The normalized spacial score (nSPS) is 34.5. The van der Waals surface area contributed by atoms with Crippen molar-refractivity contribution >= 4 is 0 Å². The molecule has 1 aliphatic heterocycles. The summed E-state index contributed by atoms with van der Waals surface area (Å²) in [5.41, 5.74) is 2.08. The van der Waals surface area contributed by atoms with Crippen LogP contribution in [0, 0.1) is 5.41 Å². The second kappa shape index (κ2) is 2.10. The molecule has 1 spiro atoms. The van der Waals surface area contributed by atoms with E-state index in [2.05, 4.69) is 25.5 Å². The van der Waals surface area contributed by atoms with Crippen molar-refractivity contribution < 1.29 is 0 Å². The van der Waals surface area contributed by atoms with Crippen LogP contribution >= 0.6 is 0 Å². The molecule has 2 rings (SSSR count). The van der Waals surface area contributed by atoms with Crippen molar-refractivity contribution in [1.82, 2.24) is 4.90 Å². The summed E-state index contributed by atoms with van der Waals surface area (Å²) in [6.07, 6.45) is 4.29. The van der Waals surface area contributed by atoms with E-state index in [9.17, 15) is 0 Å². The molecule has 0 amide bonds. The van der Waals surface area contributed by atoms with Crippen molar-refractivity contribution in [3.63, 3.8) is 0 Å². The second-order valence-electron chi connectivity index (χ2n) is 4.48. The summed E-state index contributed by atoms with van der Waals surface area (Å²) < 4.78 is 0. The Morgan fingerprint density at radius 1 is 1.55 bits per heavy atom. The number of likely N-dealkylation sites (tertiary alicyclic amines) is 1. The van der Waals surface area contributed by atoms with Gasteiger partial charge >= 0.3 is 0 Å². The smallest absolute Gasteiger partial charge is 0.0305 e. The van der Waals surface area contributed by atoms with Crippen molar-refractivity contribution in [3.8, 4) is 0 Å². The molecule has 1 heterocycles. The number of hydrogen-bond donors (Lipinski definition) is 0. The van der Waals surface area contributed by atoms with Crippen molar-refractivity contribution in [2.45, 2.75) is 32.2 Å². The van der Waals surface area contributed by atoms with Crippen LogP contribution in [-0.4, -0.2) is 24.5 Å². The summed E-state index contributed by atoms with van der Waals surface area (Å²) in [6.45, 7) is 7.50. The van der Waals surface area contributed by atoms with Crippen LogP contribution in [0.1, 0.15) is 26.2 Å². The fourth-order valence-corrected chi connectivity index (χ4v) is 2.36. The highest BCUT2D eigenvalue weighted by atomic mass is 15.2. The minimum atomic E-state index is 0.678. The third-order valence-corrected chi connectivity index (χ3v) is 3.27. The van der Waals surface area contributed by atoms with Crippen LogP contribution in [0.15, 0.2) is 12.2 Å². The zero-order valence-electron chi connectivity index (χ0n) is 7.56. The van der Waals surface area contributed by atoms with Gasteiger partial charge in [0.25, 0.3) is 0 Å². The van der Waals surface area contributed by atoms with Gasteiger partial charge in [0.2, 0.25) is 0 Å². The lowest BCUT2D eigenvalue weighted by Gasteiger charge is -2.18. The minimum Gasteiger partial charge on any atom is -0.299 e. The minimum absolute atomic E-state index is 0.678. The number of nitrogens with zero attached hydrogens (tertiary/aromatic N) is 1. The van der Waals surface area contributed by atoms with E-state index in [4.69, 9.17) is 0 Å². The van der Waals surface area contributed by atoms with Crippen LogP contribution in [0.2, 0.25) is 0 Å². The van der Waals surface area contributed by atoms with Crippen LogP contribution in [0.3, 0.4) is 0 Å². The Morgan fingerprint density at radius 2 is 2.18 bits per heavy atom. The fourth-order valence-electron chi connectivity index (χ4n) is 2.36. The van der Waals surface area contributed by atoms with Crippen molar-refractivity contribution in [2.75, 3.05) is 13.6 Å². The molecule has 0 N–H and O–H groups in total. The van der Waals surface area contributed by atoms with E-state index < -0.39 is 0 Å². The van der Waals surface area contributed by atoms with E-state index in [1.807, 2.05) is 0 Å². The lowest BCUT2D eigenvalue weighted by atomic mass is 10.00. The van der Waals surface area contributed by atoms with Gasteiger partial charge in [0.15, 0.2) is 0 Å². The first-order valence-electron chi connectivity index (χ1n) is 4.49. The van der Waals surface area contributed by atoms with Gasteiger partial charge in [-0.25, -0.2) is 0 Å². The summed E-state index contributed by atoms with van der Waals surface area (Å²) in [7, 11) is 2.23. The van der Waals surface area contributed by atoms with E-state index >= 15 is 0 Å². The first-order valence-corrected chi connectivity index (χ1v) is 4.49. The Morgan fingerprint density at radius 3 is 2.45 bits per heavy atom. The van der Waals surface area contributed by atoms with Crippen LogP contribution in [-0.2, 0) is 0 Å². The topological polar surface area (TPSA) is 3.24 Å². The van der Waals surface area contributed by atoms with E-state index in [-0.39, 0.29) is 0 Å².